The number of nitrogens with zero attached hydrogens (tertiary/aromatic N) is 2. The van der Waals surface area contributed by atoms with Crippen molar-refractivity contribution in [3.8, 4) is 0 Å². The van der Waals surface area contributed by atoms with Gasteiger partial charge in [0.05, 0.1) is 11.4 Å². The molecule has 0 unspecified atom stereocenters. The van der Waals surface area contributed by atoms with Gasteiger partial charge in [-0.05, 0) is 42.1 Å². The summed E-state index contributed by atoms with van der Waals surface area (Å²) in [5, 5.41) is 4.79. The predicted molar refractivity (Wildman–Crippen MR) is 88.3 cm³/mol. The Morgan fingerprint density at radius 1 is 1.39 bits per heavy atom. The number of nitrogens with one attached hydrogen (secondary N) is 1. The number of ketones is 1. The van der Waals surface area contributed by atoms with Crippen LogP contribution in [0.15, 0.2) is 46.5 Å². The van der Waals surface area contributed by atoms with Gasteiger partial charge in [-0.25, -0.2) is 14.8 Å². The molecule has 116 valence electrons. The van der Waals surface area contributed by atoms with Gasteiger partial charge in [0, 0.05) is 6.20 Å². The van der Waals surface area contributed by atoms with Gasteiger partial charge >= 0.3 is 5.97 Å². The van der Waals surface area contributed by atoms with Crippen molar-refractivity contribution in [1.29, 1.82) is 0 Å². The fraction of sp³-hybridized carbons (Fsp3) is 0.125. The van der Waals surface area contributed by atoms with Crippen molar-refractivity contribution >= 4 is 40.9 Å². The average molecular weight is 327 g/mol. The largest absolute Gasteiger partial charge is 0.401 e. The van der Waals surface area contributed by atoms with Crippen LogP contribution in [0.4, 0.5) is 5.82 Å². The maximum atomic E-state index is 11.9. The minimum atomic E-state index is -0.479. The van der Waals surface area contributed by atoms with Crippen LogP contribution in [-0.2, 0) is 14.3 Å². The topological polar surface area (TPSA) is 80.6 Å². The Labute approximate surface area is 136 Å². The summed E-state index contributed by atoms with van der Waals surface area (Å²) in [5.74, 6) is 0.470. The first-order valence-corrected chi connectivity index (χ1v) is 7.75. The zero-order valence-corrected chi connectivity index (χ0v) is 13.1. The summed E-state index contributed by atoms with van der Waals surface area (Å²) in [6.07, 6.45) is 3.21. The van der Waals surface area contributed by atoms with Crippen LogP contribution in [0.25, 0.3) is 6.08 Å². The van der Waals surface area contributed by atoms with Gasteiger partial charge in [-0.2, -0.15) is 0 Å². The van der Waals surface area contributed by atoms with Crippen molar-refractivity contribution in [3.05, 3.63) is 52.0 Å². The highest BCUT2D eigenvalue weighted by atomic mass is 32.1. The lowest BCUT2D eigenvalue weighted by Gasteiger charge is -2.02. The molecule has 1 N–H and O–H groups in total. The number of Topliss-reactive ketones (excluding diaryl/α,β-unsaturated/α-hetero) is 1. The fourth-order valence-corrected chi connectivity index (χ4v) is 2.53. The number of cyclic esters (lactones) is 1. The summed E-state index contributed by atoms with van der Waals surface area (Å²) >= 11 is 1.46. The Balaban J connectivity index is 1.76. The number of hydrogen-bond acceptors (Lipinski definition) is 7. The minimum absolute atomic E-state index is 0.0298. The first-order valence-electron chi connectivity index (χ1n) is 6.87. The van der Waals surface area contributed by atoms with Crippen molar-refractivity contribution in [1.82, 2.24) is 4.98 Å². The molecule has 6 nitrogen and oxygen atoms in total. The summed E-state index contributed by atoms with van der Waals surface area (Å²) in [5.41, 5.74) is 0.959. The lowest BCUT2D eigenvalue weighted by Crippen LogP contribution is -2.10. The summed E-state index contributed by atoms with van der Waals surface area (Å²) in [4.78, 5) is 32.0. The second kappa shape index (κ2) is 6.53. The minimum Gasteiger partial charge on any atom is -0.401 e. The monoisotopic (exact) mass is 327 g/mol. The molecule has 2 aromatic rings. The molecule has 1 aliphatic heterocycles. The smallest absolute Gasteiger partial charge is 0.363 e. The Morgan fingerprint density at radius 3 is 2.91 bits per heavy atom. The van der Waals surface area contributed by atoms with E-state index in [1.165, 1.54) is 18.3 Å². The second-order valence-electron chi connectivity index (χ2n) is 4.85. The zero-order chi connectivity index (χ0) is 16.2. The highest BCUT2D eigenvalue weighted by molar-refractivity contribution is 7.12. The van der Waals surface area contributed by atoms with Crippen LogP contribution in [-0.4, -0.2) is 29.2 Å². The molecule has 0 atom stereocenters. The number of carbonyl (C=O) groups is 2. The second-order valence-corrected chi connectivity index (χ2v) is 5.79. The van der Waals surface area contributed by atoms with Crippen molar-refractivity contribution in [3.63, 3.8) is 0 Å². The average Bonchev–Trinajstić information content (AvgIpc) is 3.17. The van der Waals surface area contributed by atoms with Crippen LogP contribution < -0.4 is 5.32 Å². The Bertz CT molecular complexity index is 792. The van der Waals surface area contributed by atoms with E-state index < -0.39 is 5.97 Å². The molecule has 2 aromatic heterocycles. The van der Waals surface area contributed by atoms with E-state index >= 15 is 0 Å². The number of aliphatic imine (C=N–C) groups is 1. The summed E-state index contributed by atoms with van der Waals surface area (Å²) in [7, 11) is 0. The molecule has 7 heteroatoms. The Kier molecular flexibility index (Phi) is 4.29. The van der Waals surface area contributed by atoms with Crippen LogP contribution in [0.2, 0.25) is 0 Å². The van der Waals surface area contributed by atoms with Crippen LogP contribution >= 0.6 is 11.3 Å². The maximum Gasteiger partial charge on any atom is 0.363 e. The molecule has 0 radical (unpaired) electrons. The van der Waals surface area contributed by atoms with Gasteiger partial charge in [-0.1, -0.05) is 6.07 Å². The number of hydrogen-bond donors (Lipinski definition) is 1. The molecular weight excluding hydrogens is 314 g/mol. The van der Waals surface area contributed by atoms with Gasteiger partial charge in [-0.3, -0.25) is 4.79 Å². The van der Waals surface area contributed by atoms with Gasteiger partial charge in [0.15, 0.2) is 5.70 Å². The molecule has 3 rings (SSSR count). The van der Waals surface area contributed by atoms with Crippen LogP contribution in [0.1, 0.15) is 17.4 Å². The van der Waals surface area contributed by atoms with Crippen LogP contribution in [0.3, 0.4) is 0 Å². The molecule has 0 spiro atoms. The van der Waals surface area contributed by atoms with Crippen molar-refractivity contribution in [2.24, 2.45) is 4.99 Å². The van der Waals surface area contributed by atoms with E-state index in [-0.39, 0.29) is 18.0 Å². The lowest BCUT2D eigenvalue weighted by atomic mass is 10.2. The molecule has 0 amide bonds. The summed E-state index contributed by atoms with van der Waals surface area (Å²) in [6.45, 7) is 1.73. The number of rotatable bonds is 5. The van der Waals surface area contributed by atoms with E-state index in [9.17, 15) is 9.59 Å². The van der Waals surface area contributed by atoms with E-state index in [2.05, 4.69) is 15.3 Å². The third kappa shape index (κ3) is 3.70. The summed E-state index contributed by atoms with van der Waals surface area (Å²) < 4.78 is 5.16. The standard InChI is InChI=1S/C16H13N3O3S/c1-10(20)8-17-14-5-4-11(9-18-14)7-12-16(21)22-15(19-12)13-3-2-6-23-13/h2-7,9H,8H2,1H3,(H,17,18)/b12-7+. The highest BCUT2D eigenvalue weighted by Gasteiger charge is 2.24. The SMILES string of the molecule is CC(=O)CNc1ccc(/C=C2/N=C(c3cccs3)OC2=O)cn1. The van der Waals surface area contributed by atoms with Gasteiger partial charge in [0.25, 0.3) is 0 Å². The maximum absolute atomic E-state index is 11.9. The van der Waals surface area contributed by atoms with E-state index in [1.807, 2.05) is 17.5 Å². The van der Waals surface area contributed by atoms with Crippen molar-refractivity contribution in [2.45, 2.75) is 6.92 Å². The number of thiophene rings is 1. The predicted octanol–water partition coefficient (Wildman–Crippen LogP) is 2.49. The Hall–Kier alpha value is -2.80. The van der Waals surface area contributed by atoms with E-state index in [0.717, 1.165) is 10.4 Å². The molecular formula is C16H13N3O3S. The van der Waals surface area contributed by atoms with Gasteiger partial charge in [0.1, 0.15) is 11.6 Å². The Morgan fingerprint density at radius 2 is 2.26 bits per heavy atom. The van der Waals surface area contributed by atoms with Crippen molar-refractivity contribution in [2.75, 3.05) is 11.9 Å². The first-order chi connectivity index (χ1) is 11.1. The van der Waals surface area contributed by atoms with Crippen molar-refractivity contribution < 1.29 is 14.3 Å². The fourth-order valence-electron chi connectivity index (χ4n) is 1.88. The normalized spacial score (nSPS) is 15.4. The third-order valence-corrected chi connectivity index (χ3v) is 3.82. The molecule has 0 aliphatic carbocycles. The molecule has 23 heavy (non-hydrogen) atoms. The van der Waals surface area contributed by atoms with Crippen LogP contribution in [0, 0.1) is 0 Å². The van der Waals surface area contributed by atoms with Gasteiger partial charge < -0.3 is 10.1 Å². The number of esters is 1. The quantitative estimate of drug-likeness (QED) is 0.674. The van der Waals surface area contributed by atoms with Gasteiger partial charge in [0.2, 0.25) is 5.90 Å². The number of carbonyl (C=O) groups excluding carboxylic acids is 2. The molecule has 0 fully saturated rings. The van der Waals surface area contributed by atoms with Crippen LogP contribution in [0.5, 0.6) is 0 Å². The highest BCUT2D eigenvalue weighted by Crippen LogP contribution is 2.21. The lowest BCUT2D eigenvalue weighted by molar-refractivity contribution is -0.129. The molecule has 0 bridgehead atoms. The molecule has 0 saturated heterocycles. The van der Waals surface area contributed by atoms with E-state index in [4.69, 9.17) is 4.74 Å². The number of aromatic nitrogens is 1. The first kappa shape index (κ1) is 15.1. The number of anilines is 1. The summed E-state index contributed by atoms with van der Waals surface area (Å²) in [6, 6.07) is 7.24. The zero-order valence-electron chi connectivity index (χ0n) is 12.3. The number of ether oxygens (including phenoxy) is 1. The molecule has 0 saturated carbocycles. The molecule has 1 aliphatic rings. The number of pyridine rings is 1. The molecule has 3 heterocycles. The molecule has 0 aromatic carbocycles. The van der Waals surface area contributed by atoms with Gasteiger partial charge in [-0.15, -0.1) is 11.3 Å². The third-order valence-electron chi connectivity index (χ3n) is 2.96. The van der Waals surface area contributed by atoms with E-state index in [0.29, 0.717) is 11.7 Å². The van der Waals surface area contributed by atoms with E-state index in [1.54, 1.807) is 24.4 Å².